The predicted molar refractivity (Wildman–Crippen MR) is 106 cm³/mol. The molecule has 1 fully saturated rings. The smallest absolute Gasteiger partial charge is 0.308 e. The number of likely N-dealkylation sites (tertiary alicyclic amines) is 1. The van der Waals surface area contributed by atoms with Crippen LogP contribution in [-0.2, 0) is 11.3 Å². The number of aromatic amines is 1. The van der Waals surface area contributed by atoms with Gasteiger partial charge in [-0.1, -0.05) is 12.1 Å². The Bertz CT molecular complexity index is 911. The Hall–Kier alpha value is -2.86. The second-order valence-corrected chi connectivity index (χ2v) is 7.10. The van der Waals surface area contributed by atoms with Crippen LogP contribution in [0.1, 0.15) is 25.3 Å². The van der Waals surface area contributed by atoms with E-state index in [9.17, 15) is 4.79 Å². The van der Waals surface area contributed by atoms with Crippen molar-refractivity contribution in [3.8, 4) is 5.75 Å². The Kier molecular flexibility index (Phi) is 5.07. The summed E-state index contributed by atoms with van der Waals surface area (Å²) in [7, 11) is 0. The van der Waals surface area contributed by atoms with Gasteiger partial charge in [0.25, 0.3) is 0 Å². The van der Waals surface area contributed by atoms with E-state index in [0.29, 0.717) is 11.8 Å². The molecule has 0 radical (unpaired) electrons. The molecular weight excluding hydrogens is 340 g/mol. The minimum Gasteiger partial charge on any atom is -0.427 e. The fourth-order valence-electron chi connectivity index (χ4n) is 3.59. The fraction of sp³-hybridized carbons (Fsp3) is 0.333. The van der Waals surface area contributed by atoms with Crippen molar-refractivity contribution >= 4 is 22.6 Å². The van der Waals surface area contributed by atoms with Gasteiger partial charge in [-0.2, -0.15) is 5.10 Å². The Morgan fingerprint density at radius 3 is 2.74 bits per heavy atom. The first kappa shape index (κ1) is 17.5. The van der Waals surface area contributed by atoms with Crippen LogP contribution in [0.5, 0.6) is 5.75 Å². The molecule has 4 rings (SSSR count). The van der Waals surface area contributed by atoms with E-state index >= 15 is 0 Å². The third kappa shape index (κ3) is 4.46. The van der Waals surface area contributed by atoms with Gasteiger partial charge in [-0.25, -0.2) is 0 Å². The van der Waals surface area contributed by atoms with E-state index < -0.39 is 0 Å². The van der Waals surface area contributed by atoms with E-state index in [1.807, 2.05) is 30.5 Å². The molecule has 0 atom stereocenters. The van der Waals surface area contributed by atoms with Crippen molar-refractivity contribution in [2.75, 3.05) is 18.4 Å². The Labute approximate surface area is 158 Å². The SMILES string of the molecule is CC(=O)Oc1ccc(CN2CCC(Nc3ccc4[nH]ncc4c3)CC2)cc1. The number of H-pyrrole nitrogens is 1. The molecule has 0 unspecified atom stereocenters. The molecule has 0 spiro atoms. The van der Waals surface area contributed by atoms with Crippen LogP contribution < -0.4 is 10.1 Å². The molecule has 3 aromatic rings. The van der Waals surface area contributed by atoms with Gasteiger partial charge in [0.1, 0.15) is 5.75 Å². The summed E-state index contributed by atoms with van der Waals surface area (Å²) in [4.78, 5) is 13.5. The highest BCUT2D eigenvalue weighted by molar-refractivity contribution is 5.81. The number of esters is 1. The molecule has 2 N–H and O–H groups in total. The lowest BCUT2D eigenvalue weighted by Crippen LogP contribution is -2.38. The molecule has 2 aromatic carbocycles. The van der Waals surface area contributed by atoms with E-state index in [1.54, 1.807) is 0 Å². The van der Waals surface area contributed by atoms with Crippen molar-refractivity contribution in [1.29, 1.82) is 0 Å². The Morgan fingerprint density at radius 1 is 1.22 bits per heavy atom. The van der Waals surface area contributed by atoms with Crippen LogP contribution in [0.2, 0.25) is 0 Å². The molecule has 27 heavy (non-hydrogen) atoms. The van der Waals surface area contributed by atoms with E-state index in [4.69, 9.17) is 4.74 Å². The lowest BCUT2D eigenvalue weighted by atomic mass is 10.0. The summed E-state index contributed by atoms with van der Waals surface area (Å²) in [5.74, 6) is 0.313. The number of benzene rings is 2. The van der Waals surface area contributed by atoms with Gasteiger partial charge in [0.15, 0.2) is 0 Å². The van der Waals surface area contributed by atoms with Gasteiger partial charge in [0.05, 0.1) is 11.7 Å². The van der Waals surface area contributed by atoms with Crippen LogP contribution in [0.25, 0.3) is 10.9 Å². The average Bonchev–Trinajstić information content (AvgIpc) is 3.12. The second-order valence-electron chi connectivity index (χ2n) is 7.10. The number of nitrogens with one attached hydrogen (secondary N) is 2. The quantitative estimate of drug-likeness (QED) is 0.535. The van der Waals surface area contributed by atoms with Crippen LogP contribution in [0.15, 0.2) is 48.7 Å². The van der Waals surface area contributed by atoms with Gasteiger partial charge in [-0.05, 0) is 48.7 Å². The number of ether oxygens (including phenoxy) is 1. The summed E-state index contributed by atoms with van der Waals surface area (Å²) in [6, 6.07) is 14.6. The molecule has 0 amide bonds. The minimum atomic E-state index is -0.288. The first-order valence-corrected chi connectivity index (χ1v) is 9.35. The van der Waals surface area contributed by atoms with Crippen molar-refractivity contribution in [3.63, 3.8) is 0 Å². The molecule has 1 aliphatic heterocycles. The number of piperidine rings is 1. The third-order valence-corrected chi connectivity index (χ3v) is 4.99. The van der Waals surface area contributed by atoms with Crippen molar-refractivity contribution in [2.45, 2.75) is 32.4 Å². The summed E-state index contributed by atoms with van der Waals surface area (Å²) in [5.41, 5.74) is 3.46. The maximum atomic E-state index is 11.0. The lowest BCUT2D eigenvalue weighted by Gasteiger charge is -2.33. The molecule has 1 aliphatic rings. The molecule has 1 saturated heterocycles. The summed E-state index contributed by atoms with van der Waals surface area (Å²) in [5, 5.41) is 11.8. The molecular formula is C21H24N4O2. The monoisotopic (exact) mass is 364 g/mol. The van der Waals surface area contributed by atoms with Crippen molar-refractivity contribution in [2.24, 2.45) is 0 Å². The zero-order valence-electron chi connectivity index (χ0n) is 15.4. The molecule has 6 heteroatoms. The highest BCUT2D eigenvalue weighted by Crippen LogP contribution is 2.22. The molecule has 0 aliphatic carbocycles. The minimum absolute atomic E-state index is 0.288. The standard InChI is InChI=1S/C21H24N4O2/c1-15(26)27-20-5-2-16(3-6-20)14-25-10-8-18(9-11-25)23-19-4-7-21-17(12-19)13-22-24-21/h2-7,12-13,18,23H,8-11,14H2,1H3,(H,22,24). The summed E-state index contributed by atoms with van der Waals surface area (Å²) >= 11 is 0. The first-order valence-electron chi connectivity index (χ1n) is 9.35. The van der Waals surface area contributed by atoms with Crippen LogP contribution >= 0.6 is 0 Å². The van der Waals surface area contributed by atoms with E-state index in [0.717, 1.165) is 49.1 Å². The summed E-state index contributed by atoms with van der Waals surface area (Å²) in [6.45, 7) is 4.47. The van der Waals surface area contributed by atoms with Gasteiger partial charge in [0.2, 0.25) is 0 Å². The predicted octanol–water partition coefficient (Wildman–Crippen LogP) is 3.56. The van der Waals surface area contributed by atoms with Gasteiger partial charge in [0, 0.05) is 43.7 Å². The van der Waals surface area contributed by atoms with E-state index in [-0.39, 0.29) is 5.97 Å². The lowest BCUT2D eigenvalue weighted by molar-refractivity contribution is -0.131. The van der Waals surface area contributed by atoms with Crippen molar-refractivity contribution < 1.29 is 9.53 Å². The van der Waals surface area contributed by atoms with Crippen LogP contribution in [0, 0.1) is 0 Å². The average molecular weight is 364 g/mol. The zero-order valence-corrected chi connectivity index (χ0v) is 15.4. The highest BCUT2D eigenvalue weighted by atomic mass is 16.5. The number of anilines is 1. The van der Waals surface area contributed by atoms with Crippen LogP contribution in [0.3, 0.4) is 0 Å². The maximum absolute atomic E-state index is 11.0. The van der Waals surface area contributed by atoms with Gasteiger partial charge in [-0.15, -0.1) is 0 Å². The number of fused-ring (bicyclic) bond motifs is 1. The molecule has 0 bridgehead atoms. The normalized spacial score (nSPS) is 15.7. The zero-order chi connectivity index (χ0) is 18.6. The van der Waals surface area contributed by atoms with Gasteiger partial charge >= 0.3 is 5.97 Å². The number of hydrogen-bond acceptors (Lipinski definition) is 5. The molecule has 1 aromatic heterocycles. The van der Waals surface area contributed by atoms with E-state index in [1.165, 1.54) is 12.5 Å². The number of carbonyl (C=O) groups is 1. The van der Waals surface area contributed by atoms with Gasteiger partial charge < -0.3 is 10.1 Å². The van der Waals surface area contributed by atoms with Crippen molar-refractivity contribution in [1.82, 2.24) is 15.1 Å². The third-order valence-electron chi connectivity index (χ3n) is 4.99. The van der Waals surface area contributed by atoms with E-state index in [2.05, 4.69) is 38.6 Å². The number of hydrogen-bond donors (Lipinski definition) is 2. The second kappa shape index (κ2) is 7.80. The largest absolute Gasteiger partial charge is 0.427 e. The summed E-state index contributed by atoms with van der Waals surface area (Å²) in [6.07, 6.45) is 4.10. The highest BCUT2D eigenvalue weighted by Gasteiger charge is 2.19. The van der Waals surface area contributed by atoms with Crippen LogP contribution in [-0.4, -0.2) is 40.2 Å². The summed E-state index contributed by atoms with van der Waals surface area (Å²) < 4.78 is 5.08. The topological polar surface area (TPSA) is 70.2 Å². The van der Waals surface area contributed by atoms with Crippen molar-refractivity contribution in [3.05, 3.63) is 54.2 Å². The molecule has 6 nitrogen and oxygen atoms in total. The number of rotatable bonds is 5. The Balaban J connectivity index is 1.27. The number of nitrogens with zero attached hydrogens (tertiary/aromatic N) is 2. The Morgan fingerprint density at radius 2 is 2.00 bits per heavy atom. The number of aromatic nitrogens is 2. The number of carbonyl (C=O) groups excluding carboxylic acids is 1. The molecule has 0 saturated carbocycles. The van der Waals surface area contributed by atoms with Crippen LogP contribution in [0.4, 0.5) is 5.69 Å². The molecule has 2 heterocycles. The fourth-order valence-corrected chi connectivity index (χ4v) is 3.59. The maximum Gasteiger partial charge on any atom is 0.308 e. The van der Waals surface area contributed by atoms with Gasteiger partial charge in [-0.3, -0.25) is 14.8 Å². The molecule has 140 valence electrons. The first-order chi connectivity index (χ1) is 13.2.